The highest BCUT2D eigenvalue weighted by Gasteiger charge is 2.12. The molecule has 2 aromatic rings. The molecule has 0 radical (unpaired) electrons. The maximum atomic E-state index is 5.89. The number of hydrogen-bond acceptors (Lipinski definition) is 3. The molecule has 0 aliphatic heterocycles. The molecule has 26 heavy (non-hydrogen) atoms. The predicted molar refractivity (Wildman–Crippen MR) is 119 cm³/mol. The second-order valence-electron chi connectivity index (χ2n) is 6.75. The van der Waals surface area contributed by atoms with E-state index in [0.717, 1.165) is 17.2 Å². The number of anilines is 1. The highest BCUT2D eigenvalue weighted by atomic mass is 127. The van der Waals surface area contributed by atoms with Crippen molar-refractivity contribution in [2.75, 3.05) is 25.6 Å². The number of ether oxygens (including phenoxy) is 2. The third-order valence-electron chi connectivity index (χ3n) is 3.70. The number of nitrogens with zero attached hydrogens (tertiary/aromatic N) is 1. The van der Waals surface area contributed by atoms with E-state index in [4.69, 9.17) is 15.2 Å². The van der Waals surface area contributed by atoms with Gasteiger partial charge < -0.3 is 20.5 Å². The van der Waals surface area contributed by atoms with Gasteiger partial charge in [0.05, 0.1) is 13.7 Å². The Balaban J connectivity index is 0.00000338. The first-order valence-corrected chi connectivity index (χ1v) is 8.33. The topological polar surface area (TPSA) is 68.9 Å². The first-order valence-electron chi connectivity index (χ1n) is 8.33. The zero-order valence-corrected chi connectivity index (χ0v) is 18.1. The monoisotopic (exact) mass is 469 g/mol. The van der Waals surface area contributed by atoms with Crippen molar-refractivity contribution in [2.45, 2.75) is 26.2 Å². The van der Waals surface area contributed by atoms with E-state index in [1.165, 1.54) is 5.56 Å². The number of aliphatic imine (C=N–C) groups is 1. The molecule has 0 aliphatic carbocycles. The summed E-state index contributed by atoms with van der Waals surface area (Å²) in [4.78, 5) is 4.26. The van der Waals surface area contributed by atoms with Crippen LogP contribution in [0.5, 0.6) is 11.5 Å². The summed E-state index contributed by atoms with van der Waals surface area (Å²) < 4.78 is 10.9. The van der Waals surface area contributed by atoms with E-state index in [9.17, 15) is 0 Å². The highest BCUT2D eigenvalue weighted by molar-refractivity contribution is 14.0. The van der Waals surface area contributed by atoms with E-state index >= 15 is 0 Å². The van der Waals surface area contributed by atoms with Crippen molar-refractivity contribution in [3.05, 3.63) is 54.1 Å². The minimum absolute atomic E-state index is 0. The van der Waals surface area contributed by atoms with E-state index in [1.807, 2.05) is 36.4 Å². The Morgan fingerprint density at radius 1 is 1.08 bits per heavy atom. The summed E-state index contributed by atoms with van der Waals surface area (Å²) in [5.41, 5.74) is 8.14. The zero-order valence-electron chi connectivity index (χ0n) is 15.8. The standard InChI is InChI=1S/C20H27N3O2.HI/c1-20(2,3)15-8-10-17(11-9-15)25-13-12-22-19(21)23-16-6-5-7-18(14-16)24-4;/h5-11,14H,12-13H2,1-4H3,(H3,21,22,23);1H. The van der Waals surface area contributed by atoms with Gasteiger partial charge in [-0.1, -0.05) is 39.0 Å². The van der Waals surface area contributed by atoms with Crippen LogP contribution in [0.1, 0.15) is 26.3 Å². The molecule has 3 N–H and O–H groups in total. The lowest BCUT2D eigenvalue weighted by molar-refractivity contribution is 0.328. The molecular formula is C20H28IN3O2. The Labute approximate surface area is 173 Å². The van der Waals surface area contributed by atoms with Crippen molar-refractivity contribution in [1.82, 2.24) is 0 Å². The van der Waals surface area contributed by atoms with E-state index in [-0.39, 0.29) is 29.4 Å². The van der Waals surface area contributed by atoms with Crippen molar-refractivity contribution >= 4 is 35.6 Å². The van der Waals surface area contributed by atoms with Crippen LogP contribution in [-0.4, -0.2) is 26.2 Å². The van der Waals surface area contributed by atoms with Gasteiger partial charge >= 0.3 is 0 Å². The van der Waals surface area contributed by atoms with Crippen LogP contribution in [-0.2, 0) is 5.41 Å². The molecule has 0 amide bonds. The molecule has 0 heterocycles. The molecule has 0 atom stereocenters. The van der Waals surface area contributed by atoms with Crippen LogP contribution >= 0.6 is 24.0 Å². The zero-order chi connectivity index (χ0) is 18.3. The number of hydrogen-bond donors (Lipinski definition) is 2. The van der Waals surface area contributed by atoms with Crippen molar-refractivity contribution in [2.24, 2.45) is 10.7 Å². The third kappa shape index (κ3) is 7.11. The molecule has 0 spiro atoms. The first kappa shape index (κ1) is 22.1. The van der Waals surface area contributed by atoms with Crippen molar-refractivity contribution in [1.29, 1.82) is 0 Å². The Morgan fingerprint density at radius 3 is 2.38 bits per heavy atom. The van der Waals surface area contributed by atoms with Gasteiger partial charge in [-0.25, -0.2) is 4.99 Å². The smallest absolute Gasteiger partial charge is 0.193 e. The number of rotatable bonds is 6. The summed E-state index contributed by atoms with van der Waals surface area (Å²) in [5, 5.41) is 3.03. The van der Waals surface area contributed by atoms with E-state index in [2.05, 4.69) is 43.2 Å². The molecule has 0 bridgehead atoms. The summed E-state index contributed by atoms with van der Waals surface area (Å²) in [7, 11) is 1.63. The fourth-order valence-corrected chi connectivity index (χ4v) is 2.27. The molecule has 142 valence electrons. The van der Waals surface area contributed by atoms with Crippen LogP contribution in [0, 0.1) is 0 Å². The van der Waals surface area contributed by atoms with Crippen LogP contribution in [0.4, 0.5) is 5.69 Å². The highest BCUT2D eigenvalue weighted by Crippen LogP contribution is 2.24. The average molecular weight is 469 g/mol. The average Bonchev–Trinajstić information content (AvgIpc) is 2.58. The van der Waals surface area contributed by atoms with Crippen LogP contribution in [0.2, 0.25) is 0 Å². The van der Waals surface area contributed by atoms with Gasteiger partial charge in [-0.15, -0.1) is 24.0 Å². The van der Waals surface area contributed by atoms with Gasteiger partial charge in [0.2, 0.25) is 0 Å². The van der Waals surface area contributed by atoms with Gasteiger partial charge in [0.15, 0.2) is 5.96 Å². The Bertz CT molecular complexity index is 710. The second-order valence-corrected chi connectivity index (χ2v) is 6.75. The molecule has 2 rings (SSSR count). The van der Waals surface area contributed by atoms with E-state index < -0.39 is 0 Å². The van der Waals surface area contributed by atoms with Gasteiger partial charge in [-0.3, -0.25) is 0 Å². The van der Waals surface area contributed by atoms with Gasteiger partial charge in [0, 0.05) is 11.8 Å². The maximum Gasteiger partial charge on any atom is 0.193 e. The molecule has 0 saturated heterocycles. The minimum atomic E-state index is 0. The molecule has 0 aromatic heterocycles. The summed E-state index contributed by atoms with van der Waals surface area (Å²) in [6.07, 6.45) is 0. The van der Waals surface area contributed by atoms with Crippen molar-refractivity contribution < 1.29 is 9.47 Å². The Morgan fingerprint density at radius 2 is 1.77 bits per heavy atom. The van der Waals surface area contributed by atoms with Crippen LogP contribution in [0.15, 0.2) is 53.5 Å². The summed E-state index contributed by atoms with van der Waals surface area (Å²) in [6.45, 7) is 7.51. The lowest BCUT2D eigenvalue weighted by Crippen LogP contribution is -2.23. The lowest BCUT2D eigenvalue weighted by atomic mass is 9.87. The molecule has 6 heteroatoms. The Hall–Kier alpha value is -1.96. The predicted octanol–water partition coefficient (Wildman–Crippen LogP) is 4.42. The molecule has 2 aromatic carbocycles. The normalized spacial score (nSPS) is 11.5. The third-order valence-corrected chi connectivity index (χ3v) is 3.70. The van der Waals surface area contributed by atoms with Gasteiger partial charge in [0.1, 0.15) is 18.1 Å². The first-order chi connectivity index (χ1) is 11.9. The van der Waals surface area contributed by atoms with E-state index in [0.29, 0.717) is 19.1 Å². The number of nitrogens with one attached hydrogen (secondary N) is 1. The van der Waals surface area contributed by atoms with E-state index in [1.54, 1.807) is 7.11 Å². The number of nitrogens with two attached hydrogens (primary N) is 1. The molecular weight excluding hydrogens is 441 g/mol. The number of methoxy groups -OCH3 is 1. The van der Waals surface area contributed by atoms with Crippen LogP contribution in [0.3, 0.4) is 0 Å². The van der Waals surface area contributed by atoms with Crippen LogP contribution in [0.25, 0.3) is 0 Å². The van der Waals surface area contributed by atoms with Gasteiger partial charge in [-0.05, 0) is 35.2 Å². The number of halogens is 1. The Kier molecular flexibility index (Phi) is 8.71. The molecule has 0 aliphatic rings. The number of guanidine groups is 1. The van der Waals surface area contributed by atoms with Crippen LogP contribution < -0.4 is 20.5 Å². The fourth-order valence-electron chi connectivity index (χ4n) is 2.27. The quantitative estimate of drug-likeness (QED) is 0.285. The minimum Gasteiger partial charge on any atom is -0.497 e. The molecule has 0 unspecified atom stereocenters. The summed E-state index contributed by atoms with van der Waals surface area (Å²) >= 11 is 0. The van der Waals surface area contributed by atoms with Crippen molar-refractivity contribution in [3.8, 4) is 11.5 Å². The SMILES string of the molecule is COc1cccc(NC(N)=NCCOc2ccc(C(C)(C)C)cc2)c1.I. The summed E-state index contributed by atoms with van der Waals surface area (Å²) in [5.74, 6) is 1.95. The number of benzene rings is 2. The van der Waals surface area contributed by atoms with Gasteiger partial charge in [0.25, 0.3) is 0 Å². The molecule has 0 saturated carbocycles. The second kappa shape index (κ2) is 10.3. The summed E-state index contributed by atoms with van der Waals surface area (Å²) in [6, 6.07) is 15.7. The maximum absolute atomic E-state index is 5.89. The van der Waals surface area contributed by atoms with Gasteiger partial charge in [-0.2, -0.15) is 0 Å². The largest absolute Gasteiger partial charge is 0.497 e. The van der Waals surface area contributed by atoms with Crippen molar-refractivity contribution in [3.63, 3.8) is 0 Å². The lowest BCUT2D eigenvalue weighted by Gasteiger charge is -2.19. The molecule has 5 nitrogen and oxygen atoms in total. The molecule has 0 fully saturated rings. The fraction of sp³-hybridized carbons (Fsp3) is 0.350.